The SMILES string of the molecule is C=N/C(=C\N=CC)NC(=O)NC(=O)c1ccc(C2CC2)cc1F. The van der Waals surface area contributed by atoms with E-state index >= 15 is 0 Å². The van der Waals surface area contributed by atoms with E-state index in [1.807, 2.05) is 5.32 Å². The van der Waals surface area contributed by atoms with Crippen molar-refractivity contribution < 1.29 is 14.0 Å². The molecule has 0 aliphatic heterocycles. The number of benzene rings is 1. The van der Waals surface area contributed by atoms with Crippen LogP contribution >= 0.6 is 0 Å². The van der Waals surface area contributed by atoms with Gasteiger partial charge in [-0.2, -0.15) is 0 Å². The van der Waals surface area contributed by atoms with Crippen molar-refractivity contribution >= 4 is 24.9 Å². The lowest BCUT2D eigenvalue weighted by molar-refractivity contribution is 0.0960. The lowest BCUT2D eigenvalue weighted by atomic mass is 10.1. The number of hydrogen-bond donors (Lipinski definition) is 2. The van der Waals surface area contributed by atoms with Gasteiger partial charge in [-0.3, -0.25) is 20.4 Å². The molecule has 2 N–H and O–H groups in total. The number of hydrogen-bond acceptors (Lipinski definition) is 4. The molecular weight excluding hydrogens is 299 g/mol. The molecule has 0 heterocycles. The number of aliphatic imine (C=N–C) groups is 2. The average molecular weight is 316 g/mol. The Balaban J connectivity index is 2.00. The van der Waals surface area contributed by atoms with Crippen molar-refractivity contribution in [3.8, 4) is 0 Å². The minimum Gasteiger partial charge on any atom is -0.291 e. The van der Waals surface area contributed by atoms with Crippen molar-refractivity contribution in [1.29, 1.82) is 0 Å². The van der Waals surface area contributed by atoms with E-state index in [-0.39, 0.29) is 11.4 Å². The minimum atomic E-state index is -0.842. The molecular formula is C16H17FN4O2. The summed E-state index contributed by atoms with van der Waals surface area (Å²) in [4.78, 5) is 31.0. The summed E-state index contributed by atoms with van der Waals surface area (Å²) >= 11 is 0. The summed E-state index contributed by atoms with van der Waals surface area (Å²) in [7, 11) is 0. The molecule has 0 saturated heterocycles. The minimum absolute atomic E-state index is 0.0675. The summed E-state index contributed by atoms with van der Waals surface area (Å²) in [5.74, 6) is -1.02. The zero-order valence-electron chi connectivity index (χ0n) is 12.7. The highest BCUT2D eigenvalue weighted by atomic mass is 19.1. The highest BCUT2D eigenvalue weighted by molar-refractivity contribution is 6.04. The first-order valence-corrected chi connectivity index (χ1v) is 7.11. The molecule has 1 aromatic carbocycles. The predicted octanol–water partition coefficient (Wildman–Crippen LogP) is 2.73. The van der Waals surface area contributed by atoms with Crippen LogP contribution in [-0.2, 0) is 0 Å². The third-order valence-electron chi connectivity index (χ3n) is 3.27. The molecule has 0 atom stereocenters. The van der Waals surface area contributed by atoms with Crippen molar-refractivity contribution in [2.45, 2.75) is 25.7 Å². The third-order valence-corrected chi connectivity index (χ3v) is 3.27. The number of halogens is 1. The van der Waals surface area contributed by atoms with Crippen molar-refractivity contribution in [1.82, 2.24) is 10.6 Å². The number of amides is 3. The molecule has 1 fully saturated rings. The molecule has 1 saturated carbocycles. The van der Waals surface area contributed by atoms with Crippen LogP contribution in [0.2, 0.25) is 0 Å². The van der Waals surface area contributed by atoms with E-state index in [4.69, 9.17) is 0 Å². The number of nitrogens with one attached hydrogen (secondary N) is 2. The Morgan fingerprint density at radius 1 is 1.35 bits per heavy atom. The summed E-state index contributed by atoms with van der Waals surface area (Å²) in [5, 5.41) is 4.32. The van der Waals surface area contributed by atoms with Gasteiger partial charge in [0.2, 0.25) is 0 Å². The van der Waals surface area contributed by atoms with Crippen LogP contribution in [0.3, 0.4) is 0 Å². The molecule has 120 valence electrons. The molecule has 2 rings (SSSR count). The van der Waals surface area contributed by atoms with Crippen molar-refractivity contribution in [3.63, 3.8) is 0 Å². The summed E-state index contributed by atoms with van der Waals surface area (Å²) in [6.45, 7) is 4.96. The largest absolute Gasteiger partial charge is 0.327 e. The predicted molar refractivity (Wildman–Crippen MR) is 86.2 cm³/mol. The fourth-order valence-electron chi connectivity index (χ4n) is 1.96. The normalized spacial score (nSPS) is 14.6. The Kier molecular flexibility index (Phi) is 5.35. The van der Waals surface area contributed by atoms with Crippen LogP contribution in [0.4, 0.5) is 9.18 Å². The van der Waals surface area contributed by atoms with Crippen LogP contribution in [0.25, 0.3) is 0 Å². The van der Waals surface area contributed by atoms with Gasteiger partial charge in [0.05, 0.1) is 11.8 Å². The van der Waals surface area contributed by atoms with Gasteiger partial charge in [0, 0.05) is 6.21 Å². The Morgan fingerprint density at radius 2 is 2.09 bits per heavy atom. The number of nitrogens with zero attached hydrogens (tertiary/aromatic N) is 2. The summed E-state index contributed by atoms with van der Waals surface area (Å²) in [6, 6.07) is 3.60. The lowest BCUT2D eigenvalue weighted by Gasteiger charge is -2.08. The molecule has 7 heteroatoms. The number of rotatable bonds is 5. The second-order valence-electron chi connectivity index (χ2n) is 5.00. The first-order chi connectivity index (χ1) is 11.0. The van der Waals surface area contributed by atoms with Crippen LogP contribution < -0.4 is 10.6 Å². The fourth-order valence-corrected chi connectivity index (χ4v) is 1.96. The van der Waals surface area contributed by atoms with Gasteiger partial charge >= 0.3 is 6.03 Å². The highest BCUT2D eigenvalue weighted by Gasteiger charge is 2.25. The first kappa shape index (κ1) is 16.5. The maximum absolute atomic E-state index is 14.0. The second-order valence-corrected chi connectivity index (χ2v) is 5.00. The fraction of sp³-hybridized carbons (Fsp3) is 0.250. The lowest BCUT2D eigenvalue weighted by Crippen LogP contribution is -2.39. The van der Waals surface area contributed by atoms with E-state index in [1.54, 1.807) is 13.0 Å². The Hall–Kier alpha value is -2.83. The topological polar surface area (TPSA) is 82.9 Å². The van der Waals surface area contributed by atoms with Gasteiger partial charge in [-0.1, -0.05) is 6.07 Å². The average Bonchev–Trinajstić information content (AvgIpc) is 3.35. The third kappa shape index (κ3) is 4.57. The van der Waals surface area contributed by atoms with Crippen LogP contribution in [0.15, 0.2) is 40.2 Å². The van der Waals surface area contributed by atoms with Gasteiger partial charge in [-0.15, -0.1) is 0 Å². The molecule has 1 aliphatic carbocycles. The van der Waals surface area contributed by atoms with Gasteiger partial charge in [-0.05, 0) is 50.1 Å². The van der Waals surface area contributed by atoms with E-state index in [2.05, 4.69) is 22.0 Å². The van der Waals surface area contributed by atoms with Crippen LogP contribution in [-0.4, -0.2) is 24.9 Å². The molecule has 0 radical (unpaired) electrons. The Labute approximate surface area is 133 Å². The molecule has 0 spiro atoms. The van der Waals surface area contributed by atoms with E-state index in [0.717, 1.165) is 18.4 Å². The van der Waals surface area contributed by atoms with Gasteiger partial charge < -0.3 is 0 Å². The van der Waals surface area contributed by atoms with Crippen molar-refractivity contribution in [3.05, 3.63) is 47.2 Å². The van der Waals surface area contributed by atoms with Gasteiger partial charge in [0.25, 0.3) is 5.91 Å². The van der Waals surface area contributed by atoms with Gasteiger partial charge in [-0.25, -0.2) is 14.2 Å². The van der Waals surface area contributed by atoms with Crippen LogP contribution in [0.1, 0.15) is 41.6 Å². The van der Waals surface area contributed by atoms with Crippen LogP contribution in [0.5, 0.6) is 0 Å². The zero-order valence-corrected chi connectivity index (χ0v) is 12.7. The number of urea groups is 1. The first-order valence-electron chi connectivity index (χ1n) is 7.11. The van der Waals surface area contributed by atoms with Crippen molar-refractivity contribution in [2.75, 3.05) is 0 Å². The maximum Gasteiger partial charge on any atom is 0.327 e. The number of carbonyl (C=O) groups excluding carboxylic acids is 2. The highest BCUT2D eigenvalue weighted by Crippen LogP contribution is 2.40. The Bertz CT molecular complexity index is 693. The van der Waals surface area contributed by atoms with E-state index in [9.17, 15) is 14.0 Å². The molecule has 1 aromatic rings. The van der Waals surface area contributed by atoms with Crippen LogP contribution in [0, 0.1) is 5.82 Å². The number of imide groups is 1. The van der Waals surface area contributed by atoms with Gasteiger partial charge in [0.15, 0.2) is 5.82 Å². The summed E-state index contributed by atoms with van der Waals surface area (Å²) < 4.78 is 14.0. The second kappa shape index (κ2) is 7.44. The maximum atomic E-state index is 14.0. The molecule has 3 amide bonds. The zero-order chi connectivity index (χ0) is 16.8. The van der Waals surface area contributed by atoms with E-state index < -0.39 is 17.8 Å². The molecule has 23 heavy (non-hydrogen) atoms. The standard InChI is InChI=1S/C16H17FN4O2/c1-3-19-9-14(18-2)20-16(23)21-15(22)12-7-6-11(8-13(12)17)10-4-5-10/h3,6-10H,2,4-5H2,1H3,(H2,20,21,22,23)/b14-9+,19-3?. The van der Waals surface area contributed by atoms with Crippen molar-refractivity contribution in [2.24, 2.45) is 9.98 Å². The molecule has 6 nitrogen and oxygen atoms in total. The van der Waals surface area contributed by atoms with E-state index in [0.29, 0.717) is 5.92 Å². The number of carbonyl (C=O) groups is 2. The monoisotopic (exact) mass is 316 g/mol. The molecule has 0 unspecified atom stereocenters. The smallest absolute Gasteiger partial charge is 0.291 e. The quantitative estimate of drug-likeness (QED) is 0.819. The Morgan fingerprint density at radius 3 is 2.65 bits per heavy atom. The molecule has 0 bridgehead atoms. The summed E-state index contributed by atoms with van der Waals surface area (Å²) in [6.07, 6.45) is 4.84. The summed E-state index contributed by atoms with van der Waals surface area (Å²) in [5.41, 5.74) is 0.690. The van der Waals surface area contributed by atoms with E-state index in [1.165, 1.54) is 24.5 Å². The molecule has 1 aliphatic rings. The molecule has 0 aromatic heterocycles. The van der Waals surface area contributed by atoms with Gasteiger partial charge in [0.1, 0.15) is 5.82 Å².